The first kappa shape index (κ1) is 15.7. The molecule has 5 nitrogen and oxygen atoms in total. The van der Waals surface area contributed by atoms with E-state index < -0.39 is 0 Å². The molecule has 3 unspecified atom stereocenters. The Morgan fingerprint density at radius 1 is 1.50 bits per heavy atom. The minimum Gasteiger partial charge on any atom is -0.394 e. The lowest BCUT2D eigenvalue weighted by molar-refractivity contribution is -0.167. The van der Waals surface area contributed by atoms with Crippen LogP contribution in [0, 0.1) is 5.92 Å². The van der Waals surface area contributed by atoms with Crippen molar-refractivity contribution >= 4 is 5.91 Å². The maximum absolute atomic E-state index is 12.5. The van der Waals surface area contributed by atoms with E-state index in [-0.39, 0.29) is 30.3 Å². The average Bonchev–Trinajstić information content (AvgIpc) is 2.39. The number of rotatable bonds is 3. The summed E-state index contributed by atoms with van der Waals surface area (Å²) < 4.78 is 5.75. The van der Waals surface area contributed by atoms with Crippen molar-refractivity contribution in [2.75, 3.05) is 26.2 Å². The Morgan fingerprint density at radius 2 is 2.25 bits per heavy atom. The fraction of sp³-hybridized carbons (Fsp3) is 0.933. The van der Waals surface area contributed by atoms with Gasteiger partial charge in [-0.15, -0.1) is 0 Å². The number of aliphatic hydroxyl groups is 1. The standard InChI is InChI=1S/C15H28N2O3/c1-11-5-4-6-16-13(11)7-14(19)17-8-12(9-18)20-15(2,3)10-17/h11-13,16,18H,4-10H2,1-3H3. The highest BCUT2D eigenvalue weighted by molar-refractivity contribution is 5.77. The Kier molecular flexibility index (Phi) is 5.04. The smallest absolute Gasteiger partial charge is 0.224 e. The van der Waals surface area contributed by atoms with Gasteiger partial charge in [-0.1, -0.05) is 6.92 Å². The number of piperidine rings is 1. The second-order valence-corrected chi connectivity index (χ2v) is 6.84. The lowest BCUT2D eigenvalue weighted by atomic mass is 9.90. The van der Waals surface area contributed by atoms with Gasteiger partial charge in [-0.2, -0.15) is 0 Å². The zero-order valence-corrected chi connectivity index (χ0v) is 12.9. The molecular weight excluding hydrogens is 256 g/mol. The highest BCUT2D eigenvalue weighted by Crippen LogP contribution is 2.23. The molecule has 2 N–H and O–H groups in total. The van der Waals surface area contributed by atoms with Gasteiger partial charge in [0.15, 0.2) is 0 Å². The fourth-order valence-electron chi connectivity index (χ4n) is 3.29. The highest BCUT2D eigenvalue weighted by atomic mass is 16.5. The third-order valence-corrected chi connectivity index (χ3v) is 4.36. The molecule has 2 fully saturated rings. The molecule has 1 amide bonds. The molecule has 0 spiro atoms. The van der Waals surface area contributed by atoms with Crippen LogP contribution in [0.5, 0.6) is 0 Å². The van der Waals surface area contributed by atoms with Crippen LogP contribution in [0.2, 0.25) is 0 Å². The van der Waals surface area contributed by atoms with Gasteiger partial charge in [0.05, 0.1) is 18.3 Å². The van der Waals surface area contributed by atoms with Gasteiger partial charge in [-0.05, 0) is 39.2 Å². The molecule has 0 aliphatic carbocycles. The molecule has 0 bridgehead atoms. The summed E-state index contributed by atoms with van der Waals surface area (Å²) in [5.74, 6) is 0.724. The zero-order chi connectivity index (χ0) is 14.8. The maximum Gasteiger partial charge on any atom is 0.224 e. The predicted molar refractivity (Wildman–Crippen MR) is 77.4 cm³/mol. The minimum atomic E-state index is -0.382. The van der Waals surface area contributed by atoms with Crippen LogP contribution >= 0.6 is 0 Å². The molecule has 116 valence electrons. The topological polar surface area (TPSA) is 61.8 Å². The van der Waals surface area contributed by atoms with Crippen molar-refractivity contribution < 1.29 is 14.6 Å². The van der Waals surface area contributed by atoms with Crippen LogP contribution < -0.4 is 5.32 Å². The van der Waals surface area contributed by atoms with Crippen molar-refractivity contribution in [2.45, 2.75) is 57.8 Å². The Hall–Kier alpha value is -0.650. The summed E-state index contributed by atoms with van der Waals surface area (Å²) in [6, 6.07) is 0.287. The highest BCUT2D eigenvalue weighted by Gasteiger charge is 2.36. The number of nitrogens with one attached hydrogen (secondary N) is 1. The molecule has 2 aliphatic rings. The first-order chi connectivity index (χ1) is 9.41. The van der Waals surface area contributed by atoms with Crippen LogP contribution in [-0.4, -0.2) is 59.9 Å². The summed E-state index contributed by atoms with van der Waals surface area (Å²) in [4.78, 5) is 14.4. The number of hydrogen-bond acceptors (Lipinski definition) is 4. The molecule has 0 aromatic heterocycles. The first-order valence-electron chi connectivity index (χ1n) is 7.71. The van der Waals surface area contributed by atoms with Gasteiger partial charge in [0.2, 0.25) is 5.91 Å². The summed E-state index contributed by atoms with van der Waals surface area (Å²) in [5.41, 5.74) is -0.382. The molecule has 0 aromatic rings. The van der Waals surface area contributed by atoms with Crippen LogP contribution in [-0.2, 0) is 9.53 Å². The molecule has 2 heterocycles. The summed E-state index contributed by atoms with van der Waals surface area (Å²) in [6.07, 6.45) is 2.68. The van der Waals surface area contributed by atoms with Crippen molar-refractivity contribution in [1.82, 2.24) is 10.2 Å². The summed E-state index contributed by atoms with van der Waals surface area (Å²) >= 11 is 0. The quantitative estimate of drug-likeness (QED) is 0.803. The lowest BCUT2D eigenvalue weighted by Crippen LogP contribution is -2.56. The Labute approximate surface area is 121 Å². The van der Waals surface area contributed by atoms with E-state index in [1.165, 1.54) is 12.8 Å². The fourth-order valence-corrected chi connectivity index (χ4v) is 3.29. The first-order valence-corrected chi connectivity index (χ1v) is 7.71. The normalized spacial score (nSPS) is 34.0. The number of morpholine rings is 1. The predicted octanol–water partition coefficient (Wildman–Crippen LogP) is 0.763. The van der Waals surface area contributed by atoms with Crippen LogP contribution in [0.25, 0.3) is 0 Å². The molecule has 20 heavy (non-hydrogen) atoms. The van der Waals surface area contributed by atoms with Crippen LogP contribution in [0.4, 0.5) is 0 Å². The summed E-state index contributed by atoms with van der Waals surface area (Å²) in [6.45, 7) is 8.22. The van der Waals surface area contributed by atoms with Crippen LogP contribution in [0.3, 0.4) is 0 Å². The molecule has 2 rings (SSSR count). The van der Waals surface area contributed by atoms with Crippen LogP contribution in [0.15, 0.2) is 0 Å². The number of nitrogens with zero attached hydrogens (tertiary/aromatic N) is 1. The number of carbonyl (C=O) groups excluding carboxylic acids is 1. The van der Waals surface area contributed by atoms with E-state index in [0.29, 0.717) is 25.4 Å². The molecule has 5 heteroatoms. The second-order valence-electron chi connectivity index (χ2n) is 6.84. The minimum absolute atomic E-state index is 0.0364. The van der Waals surface area contributed by atoms with Gasteiger partial charge in [0, 0.05) is 25.6 Å². The van der Waals surface area contributed by atoms with Gasteiger partial charge >= 0.3 is 0 Å². The van der Waals surface area contributed by atoms with Crippen LogP contribution in [0.1, 0.15) is 40.0 Å². The SMILES string of the molecule is CC1CCCNC1CC(=O)N1CC(CO)OC(C)(C)C1. The van der Waals surface area contributed by atoms with E-state index in [0.717, 1.165) is 6.54 Å². The Morgan fingerprint density at radius 3 is 2.90 bits per heavy atom. The monoisotopic (exact) mass is 284 g/mol. The molecule has 0 saturated carbocycles. The molecule has 3 atom stereocenters. The van der Waals surface area contributed by atoms with Gasteiger partial charge in [-0.3, -0.25) is 4.79 Å². The van der Waals surface area contributed by atoms with Gasteiger partial charge in [0.25, 0.3) is 0 Å². The summed E-state index contributed by atoms with van der Waals surface area (Å²) in [5, 5.41) is 12.8. The lowest BCUT2D eigenvalue weighted by Gasteiger charge is -2.43. The summed E-state index contributed by atoms with van der Waals surface area (Å²) in [7, 11) is 0. The van der Waals surface area contributed by atoms with Gasteiger partial charge in [-0.25, -0.2) is 0 Å². The number of carbonyl (C=O) groups is 1. The number of amides is 1. The molecule has 2 saturated heterocycles. The van der Waals surface area contributed by atoms with E-state index >= 15 is 0 Å². The average molecular weight is 284 g/mol. The van der Waals surface area contributed by atoms with Crippen molar-refractivity contribution in [3.8, 4) is 0 Å². The van der Waals surface area contributed by atoms with Gasteiger partial charge < -0.3 is 20.1 Å². The van der Waals surface area contributed by atoms with E-state index in [1.807, 2.05) is 18.7 Å². The molecule has 2 aliphatic heterocycles. The third-order valence-electron chi connectivity index (χ3n) is 4.36. The Balaban J connectivity index is 1.93. The van der Waals surface area contributed by atoms with E-state index in [2.05, 4.69) is 12.2 Å². The van der Waals surface area contributed by atoms with Crippen molar-refractivity contribution in [3.05, 3.63) is 0 Å². The maximum atomic E-state index is 12.5. The molecule has 0 aromatic carbocycles. The number of hydrogen-bond donors (Lipinski definition) is 2. The van der Waals surface area contributed by atoms with E-state index in [1.54, 1.807) is 0 Å². The number of ether oxygens (including phenoxy) is 1. The largest absolute Gasteiger partial charge is 0.394 e. The zero-order valence-electron chi connectivity index (χ0n) is 12.9. The van der Waals surface area contributed by atoms with Crippen molar-refractivity contribution in [2.24, 2.45) is 5.92 Å². The van der Waals surface area contributed by atoms with Crippen molar-refractivity contribution in [3.63, 3.8) is 0 Å². The van der Waals surface area contributed by atoms with Gasteiger partial charge in [0.1, 0.15) is 0 Å². The van der Waals surface area contributed by atoms with Crippen molar-refractivity contribution in [1.29, 1.82) is 0 Å². The number of aliphatic hydroxyl groups excluding tert-OH is 1. The van der Waals surface area contributed by atoms with E-state index in [4.69, 9.17) is 4.74 Å². The van der Waals surface area contributed by atoms with E-state index in [9.17, 15) is 9.90 Å². The Bertz CT molecular complexity index is 346. The molecule has 0 radical (unpaired) electrons. The molecular formula is C15H28N2O3. The third kappa shape index (κ3) is 3.93. The second kappa shape index (κ2) is 6.41.